The second-order valence-corrected chi connectivity index (χ2v) is 5.54. The van der Waals surface area contributed by atoms with E-state index in [-0.39, 0.29) is 24.3 Å². The smallest absolute Gasteiger partial charge is 0.245 e. The Labute approximate surface area is 130 Å². The van der Waals surface area contributed by atoms with Gasteiger partial charge in [0.15, 0.2) is 0 Å². The van der Waals surface area contributed by atoms with E-state index in [0.717, 1.165) is 12.8 Å². The summed E-state index contributed by atoms with van der Waals surface area (Å²) in [6.07, 6.45) is 3.13. The number of imidazole rings is 1. The van der Waals surface area contributed by atoms with Gasteiger partial charge in [0, 0.05) is 6.54 Å². The van der Waals surface area contributed by atoms with Crippen LogP contribution in [0, 0.1) is 5.82 Å². The minimum atomic E-state index is -0.314. The lowest BCUT2D eigenvalue weighted by atomic mass is 10.2. The van der Waals surface area contributed by atoms with Gasteiger partial charge in [-0.15, -0.1) is 5.10 Å². The van der Waals surface area contributed by atoms with E-state index in [2.05, 4.69) is 25.5 Å². The quantitative estimate of drug-likeness (QED) is 0.780. The zero-order chi connectivity index (χ0) is 15.8. The molecule has 3 heterocycles. The first kappa shape index (κ1) is 13.8. The molecular formula is C14H14FN7O. The summed E-state index contributed by atoms with van der Waals surface area (Å²) in [5, 5.41) is 10.8. The molecule has 23 heavy (non-hydrogen) atoms. The van der Waals surface area contributed by atoms with Gasteiger partial charge < -0.3 is 9.88 Å². The second-order valence-electron chi connectivity index (χ2n) is 5.54. The number of H-pyrrole nitrogens is 1. The number of tetrazole rings is 1. The molecule has 1 amide bonds. The first-order chi connectivity index (χ1) is 11.2. The molecular weight excluding hydrogens is 301 g/mol. The van der Waals surface area contributed by atoms with Gasteiger partial charge in [-0.25, -0.2) is 14.1 Å². The van der Waals surface area contributed by atoms with Crippen molar-refractivity contribution in [3.63, 3.8) is 0 Å². The van der Waals surface area contributed by atoms with Gasteiger partial charge >= 0.3 is 0 Å². The summed E-state index contributed by atoms with van der Waals surface area (Å²) >= 11 is 0. The van der Waals surface area contributed by atoms with E-state index in [1.165, 1.54) is 23.1 Å². The van der Waals surface area contributed by atoms with Gasteiger partial charge in [0.1, 0.15) is 24.5 Å². The molecule has 1 aliphatic rings. The van der Waals surface area contributed by atoms with E-state index < -0.39 is 0 Å². The number of halogens is 1. The van der Waals surface area contributed by atoms with Crippen LogP contribution < -0.4 is 0 Å². The minimum Gasteiger partial charge on any atom is -0.340 e. The van der Waals surface area contributed by atoms with Gasteiger partial charge in [0.2, 0.25) is 5.91 Å². The topological polar surface area (TPSA) is 92.6 Å². The molecule has 0 radical (unpaired) electrons. The van der Waals surface area contributed by atoms with Crippen molar-refractivity contribution in [3.05, 3.63) is 36.2 Å². The summed E-state index contributed by atoms with van der Waals surface area (Å²) in [5.74, 6) is 0.310. The number of carbonyl (C=O) groups is 1. The largest absolute Gasteiger partial charge is 0.340 e. The molecule has 118 valence electrons. The Balaban J connectivity index is 1.59. The van der Waals surface area contributed by atoms with Crippen LogP contribution in [-0.4, -0.2) is 47.5 Å². The van der Waals surface area contributed by atoms with Crippen LogP contribution in [0.5, 0.6) is 0 Å². The molecule has 9 heteroatoms. The molecule has 1 N–H and O–H groups in total. The molecule has 3 aromatic rings. The molecule has 4 rings (SSSR count). The second kappa shape index (κ2) is 5.41. The summed E-state index contributed by atoms with van der Waals surface area (Å²) in [5.41, 5.74) is 1.33. The van der Waals surface area contributed by atoms with Crippen LogP contribution in [0.25, 0.3) is 11.0 Å². The van der Waals surface area contributed by atoms with Crippen molar-refractivity contribution in [1.29, 1.82) is 0 Å². The summed E-state index contributed by atoms with van der Waals surface area (Å²) in [7, 11) is 0. The molecule has 0 aliphatic carbocycles. The van der Waals surface area contributed by atoms with Crippen molar-refractivity contribution in [2.45, 2.75) is 25.4 Å². The molecule has 1 saturated heterocycles. The van der Waals surface area contributed by atoms with Crippen LogP contribution in [0.2, 0.25) is 0 Å². The van der Waals surface area contributed by atoms with Crippen LogP contribution in [0.3, 0.4) is 0 Å². The molecule has 0 saturated carbocycles. The van der Waals surface area contributed by atoms with E-state index in [1.807, 2.05) is 0 Å². The number of aromatic nitrogens is 6. The first-order valence-electron chi connectivity index (χ1n) is 7.36. The number of benzene rings is 1. The van der Waals surface area contributed by atoms with Crippen LogP contribution >= 0.6 is 0 Å². The molecule has 1 fully saturated rings. The Morgan fingerprint density at radius 3 is 3.17 bits per heavy atom. The SMILES string of the molecule is O=C(Cn1cnnn1)N1CCCC1c1nc2ccc(F)cc2[nH]1. The number of nitrogens with zero attached hydrogens (tertiary/aromatic N) is 6. The summed E-state index contributed by atoms with van der Waals surface area (Å²) in [6.45, 7) is 0.759. The Bertz CT molecular complexity index is 844. The summed E-state index contributed by atoms with van der Waals surface area (Å²) in [4.78, 5) is 21.9. The third-order valence-corrected chi connectivity index (χ3v) is 4.04. The highest BCUT2D eigenvalue weighted by Gasteiger charge is 2.32. The third kappa shape index (κ3) is 2.54. The highest BCUT2D eigenvalue weighted by molar-refractivity contribution is 5.78. The predicted molar refractivity (Wildman–Crippen MR) is 77.6 cm³/mol. The number of rotatable bonds is 3. The number of hydrogen-bond donors (Lipinski definition) is 1. The maximum absolute atomic E-state index is 13.3. The molecule has 1 unspecified atom stereocenters. The highest BCUT2D eigenvalue weighted by atomic mass is 19.1. The van der Waals surface area contributed by atoms with Crippen molar-refractivity contribution >= 4 is 16.9 Å². The van der Waals surface area contributed by atoms with Crippen molar-refractivity contribution in [1.82, 2.24) is 35.1 Å². The number of amides is 1. The lowest BCUT2D eigenvalue weighted by molar-refractivity contribution is -0.133. The van der Waals surface area contributed by atoms with Gasteiger partial charge in [-0.3, -0.25) is 4.79 Å². The number of fused-ring (bicyclic) bond motifs is 1. The maximum atomic E-state index is 13.3. The zero-order valence-electron chi connectivity index (χ0n) is 12.2. The van der Waals surface area contributed by atoms with Crippen molar-refractivity contribution in [3.8, 4) is 0 Å². The minimum absolute atomic E-state index is 0.0635. The molecule has 1 atom stereocenters. The van der Waals surface area contributed by atoms with Gasteiger partial charge in [-0.2, -0.15) is 0 Å². The molecule has 8 nitrogen and oxygen atoms in total. The first-order valence-corrected chi connectivity index (χ1v) is 7.36. The number of aromatic amines is 1. The number of nitrogens with one attached hydrogen (secondary N) is 1. The Kier molecular flexibility index (Phi) is 3.25. The monoisotopic (exact) mass is 315 g/mol. The van der Waals surface area contributed by atoms with Crippen molar-refractivity contribution in [2.24, 2.45) is 0 Å². The molecule has 1 aliphatic heterocycles. The maximum Gasteiger partial charge on any atom is 0.245 e. The van der Waals surface area contributed by atoms with E-state index in [1.54, 1.807) is 11.0 Å². The average Bonchev–Trinajstić information content (AvgIpc) is 3.26. The van der Waals surface area contributed by atoms with Crippen molar-refractivity contribution in [2.75, 3.05) is 6.54 Å². The molecule has 1 aromatic carbocycles. The van der Waals surface area contributed by atoms with E-state index >= 15 is 0 Å². The number of hydrogen-bond acceptors (Lipinski definition) is 5. The van der Waals surface area contributed by atoms with Gasteiger partial charge in [-0.1, -0.05) is 0 Å². The molecule has 0 spiro atoms. The fourth-order valence-corrected chi connectivity index (χ4v) is 2.99. The van der Waals surface area contributed by atoms with Gasteiger partial charge in [0.25, 0.3) is 0 Å². The molecule has 2 aromatic heterocycles. The predicted octanol–water partition coefficient (Wildman–Crippen LogP) is 1.05. The Morgan fingerprint density at radius 1 is 1.43 bits per heavy atom. The van der Waals surface area contributed by atoms with Crippen LogP contribution in [0.4, 0.5) is 4.39 Å². The van der Waals surface area contributed by atoms with E-state index in [9.17, 15) is 9.18 Å². The standard InChI is InChI=1S/C14H14FN7O/c15-9-3-4-10-11(6-9)18-14(17-10)12-2-1-5-22(12)13(23)7-21-8-16-19-20-21/h3-4,6,8,12H,1-2,5,7H2,(H,17,18). The fourth-order valence-electron chi connectivity index (χ4n) is 2.99. The molecule has 0 bridgehead atoms. The highest BCUT2D eigenvalue weighted by Crippen LogP contribution is 2.31. The summed E-state index contributed by atoms with van der Waals surface area (Å²) in [6, 6.07) is 4.29. The lowest BCUT2D eigenvalue weighted by Crippen LogP contribution is -2.34. The van der Waals surface area contributed by atoms with Gasteiger partial charge in [-0.05, 0) is 41.5 Å². The van der Waals surface area contributed by atoms with Crippen LogP contribution in [0.15, 0.2) is 24.5 Å². The number of likely N-dealkylation sites (tertiary alicyclic amines) is 1. The van der Waals surface area contributed by atoms with Crippen LogP contribution in [-0.2, 0) is 11.3 Å². The zero-order valence-corrected chi connectivity index (χ0v) is 12.2. The Hall–Kier alpha value is -2.84. The van der Waals surface area contributed by atoms with E-state index in [0.29, 0.717) is 23.4 Å². The lowest BCUT2D eigenvalue weighted by Gasteiger charge is -2.22. The van der Waals surface area contributed by atoms with Crippen LogP contribution in [0.1, 0.15) is 24.7 Å². The average molecular weight is 315 g/mol. The number of carbonyl (C=O) groups excluding carboxylic acids is 1. The fraction of sp³-hybridized carbons (Fsp3) is 0.357. The third-order valence-electron chi connectivity index (χ3n) is 4.04. The van der Waals surface area contributed by atoms with E-state index in [4.69, 9.17) is 0 Å². The van der Waals surface area contributed by atoms with Gasteiger partial charge in [0.05, 0.1) is 17.1 Å². The normalized spacial score (nSPS) is 18.0. The van der Waals surface area contributed by atoms with Crippen molar-refractivity contribution < 1.29 is 9.18 Å². The Morgan fingerprint density at radius 2 is 2.35 bits per heavy atom. The summed E-state index contributed by atoms with van der Waals surface area (Å²) < 4.78 is 14.7.